The summed E-state index contributed by atoms with van der Waals surface area (Å²) < 4.78 is 5.28. The van der Waals surface area contributed by atoms with Gasteiger partial charge in [0.15, 0.2) is 0 Å². The van der Waals surface area contributed by atoms with Gasteiger partial charge >= 0.3 is 0 Å². The third kappa shape index (κ3) is 4.94. The second-order valence-electron chi connectivity index (χ2n) is 5.35. The van der Waals surface area contributed by atoms with Crippen molar-refractivity contribution in [3.8, 4) is 0 Å². The van der Waals surface area contributed by atoms with Gasteiger partial charge in [-0.05, 0) is 12.8 Å². The highest BCUT2D eigenvalue weighted by Crippen LogP contribution is 2.11. The highest BCUT2D eigenvalue weighted by molar-refractivity contribution is 5.81. The molecule has 0 radical (unpaired) electrons. The minimum absolute atomic E-state index is 0.112. The summed E-state index contributed by atoms with van der Waals surface area (Å²) in [5, 5.41) is 6.36. The van der Waals surface area contributed by atoms with Gasteiger partial charge in [0.1, 0.15) is 0 Å². The molecule has 0 aromatic heterocycles. The number of rotatable bonds is 4. The van der Waals surface area contributed by atoms with Crippen molar-refractivity contribution < 1.29 is 9.53 Å². The van der Waals surface area contributed by atoms with Crippen LogP contribution in [0, 0.1) is 5.41 Å². The average Bonchev–Trinajstić information content (AvgIpc) is 2.24. The number of ether oxygens (including phenoxy) is 1. The van der Waals surface area contributed by atoms with Gasteiger partial charge in [0.25, 0.3) is 0 Å². The van der Waals surface area contributed by atoms with Crippen molar-refractivity contribution >= 4 is 5.91 Å². The molecule has 2 N–H and O–H groups in total. The van der Waals surface area contributed by atoms with Gasteiger partial charge in [-0.15, -0.1) is 0 Å². The summed E-state index contributed by atoms with van der Waals surface area (Å²) in [7, 11) is 0. The number of nitrogens with one attached hydrogen (secondary N) is 2. The molecule has 1 rings (SSSR count). The Morgan fingerprint density at radius 1 is 1.25 bits per heavy atom. The van der Waals surface area contributed by atoms with Crippen LogP contribution in [-0.2, 0) is 9.53 Å². The van der Waals surface area contributed by atoms with E-state index < -0.39 is 0 Å². The second-order valence-corrected chi connectivity index (χ2v) is 5.35. The Labute approximate surface area is 98.1 Å². The van der Waals surface area contributed by atoms with Gasteiger partial charge in [-0.3, -0.25) is 4.79 Å². The minimum atomic E-state index is -0.293. The molecule has 0 aromatic rings. The SMILES string of the molecule is CC(C)(C)C(=O)NCCNC1CCOCC1. The number of amides is 1. The Balaban J connectivity index is 2.05. The Bertz CT molecular complexity index is 218. The predicted molar refractivity (Wildman–Crippen MR) is 64.3 cm³/mol. The molecule has 0 aromatic carbocycles. The zero-order valence-corrected chi connectivity index (χ0v) is 10.6. The first kappa shape index (κ1) is 13.5. The maximum Gasteiger partial charge on any atom is 0.225 e. The predicted octanol–water partition coefficient (Wildman–Crippen LogP) is 0.917. The van der Waals surface area contributed by atoms with Crippen LogP contribution in [0.15, 0.2) is 0 Å². The summed E-state index contributed by atoms with van der Waals surface area (Å²) in [5.74, 6) is 0.112. The van der Waals surface area contributed by atoms with Crippen LogP contribution in [0.1, 0.15) is 33.6 Å². The molecule has 1 heterocycles. The summed E-state index contributed by atoms with van der Waals surface area (Å²) in [6.45, 7) is 9.02. The number of hydrogen-bond acceptors (Lipinski definition) is 3. The second kappa shape index (κ2) is 6.21. The van der Waals surface area contributed by atoms with E-state index in [1.807, 2.05) is 20.8 Å². The summed E-state index contributed by atoms with van der Waals surface area (Å²) in [4.78, 5) is 11.6. The molecule has 1 fully saturated rings. The van der Waals surface area contributed by atoms with Crippen LogP contribution < -0.4 is 10.6 Å². The maximum atomic E-state index is 11.6. The normalized spacial score (nSPS) is 18.4. The first-order valence-corrected chi connectivity index (χ1v) is 6.09. The van der Waals surface area contributed by atoms with E-state index in [4.69, 9.17) is 4.74 Å². The summed E-state index contributed by atoms with van der Waals surface area (Å²) in [6, 6.07) is 0.556. The van der Waals surface area contributed by atoms with Crippen LogP contribution in [0.2, 0.25) is 0 Å². The fourth-order valence-corrected chi connectivity index (χ4v) is 1.62. The molecule has 1 amide bonds. The van der Waals surface area contributed by atoms with Crippen LogP contribution in [0.4, 0.5) is 0 Å². The molecule has 1 aliphatic heterocycles. The van der Waals surface area contributed by atoms with Gasteiger partial charge in [-0.1, -0.05) is 20.8 Å². The van der Waals surface area contributed by atoms with Crippen LogP contribution in [0.3, 0.4) is 0 Å². The fourth-order valence-electron chi connectivity index (χ4n) is 1.62. The largest absolute Gasteiger partial charge is 0.381 e. The van der Waals surface area contributed by atoms with E-state index in [1.165, 1.54) is 0 Å². The Kier molecular flexibility index (Phi) is 5.22. The molecule has 0 aliphatic carbocycles. The van der Waals surface area contributed by atoms with Gasteiger partial charge in [0.2, 0.25) is 5.91 Å². The lowest BCUT2D eigenvalue weighted by Gasteiger charge is -2.24. The number of carbonyl (C=O) groups is 1. The smallest absolute Gasteiger partial charge is 0.225 e. The minimum Gasteiger partial charge on any atom is -0.381 e. The van der Waals surface area contributed by atoms with Crippen LogP contribution in [-0.4, -0.2) is 38.3 Å². The van der Waals surface area contributed by atoms with Gasteiger partial charge < -0.3 is 15.4 Å². The molecule has 1 aliphatic rings. The molecule has 0 unspecified atom stereocenters. The lowest BCUT2D eigenvalue weighted by molar-refractivity contribution is -0.128. The zero-order valence-electron chi connectivity index (χ0n) is 10.6. The standard InChI is InChI=1S/C12H24N2O2/c1-12(2,3)11(15)14-7-6-13-10-4-8-16-9-5-10/h10,13H,4-9H2,1-3H3,(H,14,15). The third-order valence-corrected chi connectivity index (χ3v) is 2.75. The summed E-state index contributed by atoms with van der Waals surface area (Å²) in [6.07, 6.45) is 2.15. The Hall–Kier alpha value is -0.610. The van der Waals surface area contributed by atoms with Crippen LogP contribution in [0.5, 0.6) is 0 Å². The number of carbonyl (C=O) groups excluding carboxylic acids is 1. The van der Waals surface area contributed by atoms with E-state index in [1.54, 1.807) is 0 Å². The van der Waals surface area contributed by atoms with Gasteiger partial charge in [0, 0.05) is 37.8 Å². The maximum absolute atomic E-state index is 11.6. The van der Waals surface area contributed by atoms with Crippen molar-refractivity contribution in [2.75, 3.05) is 26.3 Å². The van der Waals surface area contributed by atoms with Crippen LogP contribution in [0.25, 0.3) is 0 Å². The van der Waals surface area contributed by atoms with Gasteiger partial charge in [-0.25, -0.2) is 0 Å². The van der Waals surface area contributed by atoms with Crippen LogP contribution >= 0.6 is 0 Å². The molecular formula is C12H24N2O2. The molecule has 0 atom stereocenters. The molecule has 0 spiro atoms. The van der Waals surface area contributed by atoms with Crippen molar-refractivity contribution in [1.82, 2.24) is 10.6 Å². The first-order valence-electron chi connectivity index (χ1n) is 6.09. The van der Waals surface area contributed by atoms with Crippen molar-refractivity contribution in [2.24, 2.45) is 5.41 Å². The lowest BCUT2D eigenvalue weighted by Crippen LogP contribution is -2.42. The monoisotopic (exact) mass is 228 g/mol. The van der Waals surface area contributed by atoms with Gasteiger partial charge in [0.05, 0.1) is 0 Å². The highest BCUT2D eigenvalue weighted by Gasteiger charge is 2.20. The average molecular weight is 228 g/mol. The number of hydrogen-bond donors (Lipinski definition) is 2. The molecule has 0 saturated carbocycles. The molecule has 1 saturated heterocycles. The van der Waals surface area contributed by atoms with E-state index in [0.717, 1.165) is 32.6 Å². The Morgan fingerprint density at radius 2 is 1.88 bits per heavy atom. The topological polar surface area (TPSA) is 50.4 Å². The van der Waals surface area contributed by atoms with E-state index in [0.29, 0.717) is 12.6 Å². The first-order chi connectivity index (χ1) is 7.50. The molecule has 4 heteroatoms. The third-order valence-electron chi connectivity index (χ3n) is 2.75. The molecular weight excluding hydrogens is 204 g/mol. The van der Waals surface area contributed by atoms with E-state index in [-0.39, 0.29) is 11.3 Å². The quantitative estimate of drug-likeness (QED) is 0.703. The summed E-state index contributed by atoms with van der Waals surface area (Å²) in [5.41, 5.74) is -0.293. The molecule has 94 valence electrons. The molecule has 4 nitrogen and oxygen atoms in total. The van der Waals surface area contributed by atoms with Crippen molar-refractivity contribution in [3.63, 3.8) is 0 Å². The fraction of sp³-hybridized carbons (Fsp3) is 0.917. The van der Waals surface area contributed by atoms with E-state index >= 15 is 0 Å². The zero-order chi connectivity index (χ0) is 12.0. The Morgan fingerprint density at radius 3 is 2.44 bits per heavy atom. The van der Waals surface area contributed by atoms with Gasteiger partial charge in [-0.2, -0.15) is 0 Å². The van der Waals surface area contributed by atoms with E-state index in [2.05, 4.69) is 10.6 Å². The highest BCUT2D eigenvalue weighted by atomic mass is 16.5. The van der Waals surface area contributed by atoms with Crippen molar-refractivity contribution in [3.05, 3.63) is 0 Å². The van der Waals surface area contributed by atoms with Crippen molar-refractivity contribution in [1.29, 1.82) is 0 Å². The summed E-state index contributed by atoms with van der Waals surface area (Å²) >= 11 is 0. The lowest BCUT2D eigenvalue weighted by atomic mass is 9.96. The molecule has 0 bridgehead atoms. The van der Waals surface area contributed by atoms with Crippen molar-refractivity contribution in [2.45, 2.75) is 39.7 Å². The molecule has 16 heavy (non-hydrogen) atoms. The van der Waals surface area contributed by atoms with E-state index in [9.17, 15) is 4.79 Å².